The molecular formula is C14H22N2O2S2. The lowest BCUT2D eigenvalue weighted by atomic mass is 9.81. The Morgan fingerprint density at radius 2 is 2.50 bits per heavy atom. The van der Waals surface area contributed by atoms with Gasteiger partial charge in [-0.1, -0.05) is 0 Å². The third-order valence-electron chi connectivity index (χ3n) is 4.41. The summed E-state index contributed by atoms with van der Waals surface area (Å²) in [6.07, 6.45) is 3.32. The van der Waals surface area contributed by atoms with Crippen molar-refractivity contribution in [1.29, 1.82) is 0 Å². The van der Waals surface area contributed by atoms with Crippen LogP contribution in [0.4, 0.5) is 0 Å². The summed E-state index contributed by atoms with van der Waals surface area (Å²) in [5.41, 5.74) is 3.11. The molecule has 0 radical (unpaired) electrons. The van der Waals surface area contributed by atoms with E-state index in [9.17, 15) is 0 Å². The number of thioether (sulfide) groups is 1. The number of rotatable bonds is 4. The van der Waals surface area contributed by atoms with Crippen LogP contribution in [0.2, 0.25) is 0 Å². The van der Waals surface area contributed by atoms with Gasteiger partial charge in [-0.15, -0.1) is 11.3 Å². The minimum atomic E-state index is 0.0905. The summed E-state index contributed by atoms with van der Waals surface area (Å²) in [5, 5.41) is 2.07. The van der Waals surface area contributed by atoms with E-state index < -0.39 is 0 Å². The van der Waals surface area contributed by atoms with Crippen LogP contribution in [-0.4, -0.2) is 30.8 Å². The molecule has 1 aromatic heterocycles. The maximum atomic E-state index is 6.11. The van der Waals surface area contributed by atoms with Gasteiger partial charge in [0.1, 0.15) is 5.75 Å². The molecule has 2 fully saturated rings. The van der Waals surface area contributed by atoms with E-state index in [4.69, 9.17) is 15.3 Å². The largest absolute Gasteiger partial charge is 0.496 e. The number of nitrogens with one attached hydrogen (secondary N) is 1. The highest BCUT2D eigenvalue weighted by molar-refractivity contribution is 7.99. The number of nitrogens with two attached hydrogens (primary N) is 1. The highest BCUT2D eigenvalue weighted by Gasteiger charge is 2.43. The van der Waals surface area contributed by atoms with Crippen LogP contribution >= 0.6 is 23.1 Å². The Bertz CT molecular complexity index is 446. The summed E-state index contributed by atoms with van der Waals surface area (Å²) < 4.78 is 11.6. The van der Waals surface area contributed by atoms with Crippen LogP contribution in [-0.2, 0) is 4.74 Å². The number of methoxy groups -OCH3 is 1. The third kappa shape index (κ3) is 2.72. The lowest BCUT2D eigenvalue weighted by Crippen LogP contribution is -2.44. The van der Waals surface area contributed by atoms with E-state index >= 15 is 0 Å². The zero-order valence-corrected chi connectivity index (χ0v) is 13.4. The van der Waals surface area contributed by atoms with E-state index in [-0.39, 0.29) is 11.6 Å². The lowest BCUT2D eigenvalue weighted by molar-refractivity contribution is -0.0853. The smallest absolute Gasteiger partial charge is 0.134 e. The quantitative estimate of drug-likeness (QED) is 0.661. The minimum Gasteiger partial charge on any atom is -0.496 e. The molecule has 3 heterocycles. The predicted octanol–water partition coefficient (Wildman–Crippen LogP) is 2.56. The van der Waals surface area contributed by atoms with Crippen molar-refractivity contribution in [3.05, 3.63) is 16.3 Å². The maximum Gasteiger partial charge on any atom is 0.134 e. The third-order valence-corrected chi connectivity index (χ3v) is 6.61. The zero-order valence-electron chi connectivity index (χ0n) is 11.8. The second kappa shape index (κ2) is 6.23. The average molecular weight is 314 g/mol. The first-order valence-electron chi connectivity index (χ1n) is 7.07. The van der Waals surface area contributed by atoms with Gasteiger partial charge < -0.3 is 9.47 Å². The lowest BCUT2D eigenvalue weighted by Gasteiger charge is -2.40. The van der Waals surface area contributed by atoms with E-state index in [1.807, 2.05) is 17.8 Å². The SMILES string of the molecule is COc1ccsc1C(NN)C1CCOC2(CCSC2)C1. The minimum absolute atomic E-state index is 0.0905. The molecule has 0 bridgehead atoms. The molecule has 0 amide bonds. The summed E-state index contributed by atoms with van der Waals surface area (Å²) in [6, 6.07) is 2.18. The van der Waals surface area contributed by atoms with Crippen molar-refractivity contribution in [1.82, 2.24) is 5.43 Å². The molecule has 2 aliphatic rings. The van der Waals surface area contributed by atoms with Gasteiger partial charge in [0, 0.05) is 12.4 Å². The van der Waals surface area contributed by atoms with Crippen LogP contribution < -0.4 is 16.0 Å². The molecular weight excluding hydrogens is 292 g/mol. The van der Waals surface area contributed by atoms with Gasteiger partial charge in [0.2, 0.25) is 0 Å². The predicted molar refractivity (Wildman–Crippen MR) is 84.3 cm³/mol. The fourth-order valence-electron chi connectivity index (χ4n) is 3.34. The monoisotopic (exact) mass is 314 g/mol. The molecule has 3 unspecified atom stereocenters. The van der Waals surface area contributed by atoms with Crippen molar-refractivity contribution in [3.63, 3.8) is 0 Å². The van der Waals surface area contributed by atoms with Gasteiger partial charge in [-0.3, -0.25) is 11.3 Å². The highest BCUT2D eigenvalue weighted by atomic mass is 32.2. The number of hydrogen-bond acceptors (Lipinski definition) is 6. The normalized spacial score (nSPS) is 31.6. The first-order valence-corrected chi connectivity index (χ1v) is 9.11. The van der Waals surface area contributed by atoms with Crippen molar-refractivity contribution in [3.8, 4) is 5.75 Å². The summed E-state index contributed by atoms with van der Waals surface area (Å²) in [5.74, 6) is 9.66. The molecule has 2 saturated heterocycles. The fraction of sp³-hybridized carbons (Fsp3) is 0.714. The van der Waals surface area contributed by atoms with E-state index in [1.165, 1.54) is 17.1 Å². The van der Waals surface area contributed by atoms with Gasteiger partial charge in [0.05, 0.1) is 23.6 Å². The maximum absolute atomic E-state index is 6.11. The Hall–Kier alpha value is -0.270. The molecule has 3 atom stereocenters. The number of ether oxygens (including phenoxy) is 2. The van der Waals surface area contributed by atoms with E-state index in [2.05, 4.69) is 10.8 Å². The van der Waals surface area contributed by atoms with Gasteiger partial charge in [-0.2, -0.15) is 11.8 Å². The number of hydrazine groups is 1. The molecule has 3 N–H and O–H groups in total. The molecule has 4 nitrogen and oxygen atoms in total. The Morgan fingerprint density at radius 1 is 1.60 bits per heavy atom. The van der Waals surface area contributed by atoms with Gasteiger partial charge in [0.15, 0.2) is 0 Å². The first kappa shape index (κ1) is 14.7. The van der Waals surface area contributed by atoms with E-state index in [1.54, 1.807) is 18.4 Å². The van der Waals surface area contributed by atoms with Gasteiger partial charge in [0.25, 0.3) is 0 Å². The molecule has 112 valence electrons. The summed E-state index contributed by atoms with van der Waals surface area (Å²) in [7, 11) is 1.72. The van der Waals surface area contributed by atoms with Crippen LogP contribution in [0.15, 0.2) is 11.4 Å². The van der Waals surface area contributed by atoms with Crippen LogP contribution in [0.25, 0.3) is 0 Å². The molecule has 1 aromatic rings. The van der Waals surface area contributed by atoms with Crippen molar-refractivity contribution < 1.29 is 9.47 Å². The zero-order chi connectivity index (χ0) is 14.0. The highest BCUT2D eigenvalue weighted by Crippen LogP contribution is 2.46. The Morgan fingerprint density at radius 3 is 3.20 bits per heavy atom. The van der Waals surface area contributed by atoms with E-state index in [0.29, 0.717) is 5.92 Å². The molecule has 6 heteroatoms. The van der Waals surface area contributed by atoms with Crippen LogP contribution in [0, 0.1) is 5.92 Å². The Kier molecular flexibility index (Phi) is 4.57. The summed E-state index contributed by atoms with van der Waals surface area (Å²) in [4.78, 5) is 1.21. The topological polar surface area (TPSA) is 56.5 Å². The van der Waals surface area contributed by atoms with E-state index in [0.717, 1.165) is 31.0 Å². The summed E-state index contributed by atoms with van der Waals surface area (Å²) in [6.45, 7) is 0.844. The first-order chi connectivity index (χ1) is 9.78. The van der Waals surface area contributed by atoms with Crippen molar-refractivity contribution >= 4 is 23.1 Å². The molecule has 0 aromatic carbocycles. The van der Waals surface area contributed by atoms with Crippen molar-refractivity contribution in [2.75, 3.05) is 25.2 Å². The Labute approximate surface area is 128 Å². The van der Waals surface area contributed by atoms with Crippen molar-refractivity contribution in [2.24, 2.45) is 11.8 Å². The molecule has 20 heavy (non-hydrogen) atoms. The van der Waals surface area contributed by atoms with Crippen LogP contribution in [0.1, 0.15) is 30.2 Å². The van der Waals surface area contributed by atoms with Crippen LogP contribution in [0.3, 0.4) is 0 Å². The molecule has 0 saturated carbocycles. The second-order valence-corrected chi connectivity index (χ2v) is 7.64. The Balaban J connectivity index is 1.78. The standard InChI is InChI=1S/C14H22N2O2S2/c1-17-11-3-6-20-13(11)12(16-15)10-2-5-18-14(8-10)4-7-19-9-14/h3,6,10,12,16H,2,4-5,7-9,15H2,1H3. The molecule has 3 rings (SSSR count). The average Bonchev–Trinajstić information content (AvgIpc) is 3.10. The molecule has 2 aliphatic heterocycles. The van der Waals surface area contributed by atoms with Crippen molar-refractivity contribution in [2.45, 2.75) is 30.9 Å². The molecule has 0 aliphatic carbocycles. The van der Waals surface area contributed by atoms with Gasteiger partial charge in [-0.25, -0.2) is 0 Å². The van der Waals surface area contributed by atoms with Crippen LogP contribution in [0.5, 0.6) is 5.75 Å². The van der Waals surface area contributed by atoms with Gasteiger partial charge in [-0.05, 0) is 42.4 Å². The second-order valence-electron chi connectivity index (χ2n) is 5.58. The fourth-order valence-corrected chi connectivity index (χ4v) is 5.73. The summed E-state index contributed by atoms with van der Waals surface area (Å²) >= 11 is 3.73. The number of thiophene rings is 1. The molecule has 1 spiro atoms. The van der Waals surface area contributed by atoms with Gasteiger partial charge >= 0.3 is 0 Å². The number of hydrogen-bond donors (Lipinski definition) is 2.